The Bertz CT molecular complexity index is 1740. The molecular formula is C34H22FN3. The van der Waals surface area contributed by atoms with Crippen molar-refractivity contribution in [3.8, 4) is 56.4 Å². The van der Waals surface area contributed by atoms with Crippen molar-refractivity contribution in [2.75, 3.05) is 0 Å². The quantitative estimate of drug-likeness (QED) is 0.249. The Morgan fingerprint density at radius 2 is 0.974 bits per heavy atom. The van der Waals surface area contributed by atoms with Gasteiger partial charge in [-0.05, 0) is 58.0 Å². The van der Waals surface area contributed by atoms with Crippen LogP contribution in [0.5, 0.6) is 0 Å². The average Bonchev–Trinajstić information content (AvgIpc) is 3.36. The van der Waals surface area contributed by atoms with E-state index in [2.05, 4.69) is 42.5 Å². The van der Waals surface area contributed by atoms with E-state index in [1.54, 1.807) is 6.07 Å². The fraction of sp³-hybridized carbons (Fsp3) is 0.0294. The lowest BCUT2D eigenvalue weighted by Gasteiger charge is -2.13. The van der Waals surface area contributed by atoms with Crippen LogP contribution in [0.2, 0.25) is 0 Å². The summed E-state index contributed by atoms with van der Waals surface area (Å²) in [5.41, 5.74) is 9.11. The molecular weight excluding hydrogens is 469 g/mol. The normalized spacial score (nSPS) is 11.7. The lowest BCUT2D eigenvalue weighted by Crippen LogP contribution is -2.00. The van der Waals surface area contributed by atoms with E-state index in [-0.39, 0.29) is 5.82 Å². The van der Waals surface area contributed by atoms with Crippen molar-refractivity contribution < 1.29 is 4.39 Å². The number of aromatic nitrogens is 3. The maximum atomic E-state index is 15.2. The van der Waals surface area contributed by atoms with Crippen molar-refractivity contribution in [2.24, 2.45) is 0 Å². The Kier molecular flexibility index (Phi) is 5.37. The summed E-state index contributed by atoms with van der Waals surface area (Å²) in [7, 11) is 0. The largest absolute Gasteiger partial charge is 0.208 e. The molecule has 7 rings (SSSR count). The zero-order valence-electron chi connectivity index (χ0n) is 20.5. The molecule has 180 valence electrons. The van der Waals surface area contributed by atoms with Crippen LogP contribution in [0.4, 0.5) is 4.39 Å². The SMILES string of the molecule is Fc1cc(-c2nc(-c3ccccc3)nc(-c3ccccc3)n2)cc(-c2cccc3c2-c2ccccc2C3)c1. The number of nitrogens with zero attached hydrogens (tertiary/aromatic N) is 3. The maximum absolute atomic E-state index is 15.2. The number of rotatable bonds is 4. The van der Waals surface area contributed by atoms with Crippen LogP contribution in [-0.4, -0.2) is 15.0 Å². The first-order valence-electron chi connectivity index (χ1n) is 12.6. The number of hydrogen-bond acceptors (Lipinski definition) is 3. The summed E-state index contributed by atoms with van der Waals surface area (Å²) in [6.07, 6.45) is 0.885. The second kappa shape index (κ2) is 9.16. The van der Waals surface area contributed by atoms with Crippen molar-refractivity contribution in [1.82, 2.24) is 15.0 Å². The van der Waals surface area contributed by atoms with E-state index in [4.69, 9.17) is 15.0 Å². The van der Waals surface area contributed by atoms with Gasteiger partial charge >= 0.3 is 0 Å². The summed E-state index contributed by atoms with van der Waals surface area (Å²) >= 11 is 0. The molecule has 0 saturated carbocycles. The van der Waals surface area contributed by atoms with Crippen molar-refractivity contribution in [1.29, 1.82) is 0 Å². The Morgan fingerprint density at radius 3 is 1.66 bits per heavy atom. The molecule has 0 N–H and O–H groups in total. The van der Waals surface area contributed by atoms with E-state index >= 15 is 4.39 Å². The van der Waals surface area contributed by atoms with Gasteiger partial charge in [-0.15, -0.1) is 0 Å². The predicted molar refractivity (Wildman–Crippen MR) is 150 cm³/mol. The van der Waals surface area contributed by atoms with Gasteiger partial charge in [0, 0.05) is 16.7 Å². The molecule has 1 aliphatic rings. The summed E-state index contributed by atoms with van der Waals surface area (Å²) in [5, 5.41) is 0. The molecule has 0 amide bonds. The van der Waals surface area contributed by atoms with Crippen molar-refractivity contribution in [3.63, 3.8) is 0 Å². The highest BCUT2D eigenvalue weighted by molar-refractivity contribution is 5.91. The Labute approximate surface area is 220 Å². The fourth-order valence-corrected chi connectivity index (χ4v) is 5.24. The molecule has 4 heteroatoms. The zero-order valence-corrected chi connectivity index (χ0v) is 20.5. The molecule has 0 saturated heterocycles. The molecule has 0 bridgehead atoms. The Balaban J connectivity index is 1.41. The van der Waals surface area contributed by atoms with Crippen LogP contribution in [0.15, 0.2) is 121 Å². The Morgan fingerprint density at radius 1 is 0.447 bits per heavy atom. The highest BCUT2D eigenvalue weighted by Crippen LogP contribution is 2.43. The van der Waals surface area contributed by atoms with Crippen molar-refractivity contribution in [3.05, 3.63) is 138 Å². The van der Waals surface area contributed by atoms with Crippen molar-refractivity contribution in [2.45, 2.75) is 6.42 Å². The lowest BCUT2D eigenvalue weighted by molar-refractivity contribution is 0.628. The highest BCUT2D eigenvalue weighted by Gasteiger charge is 2.22. The average molecular weight is 492 g/mol. The van der Waals surface area contributed by atoms with Crippen molar-refractivity contribution >= 4 is 0 Å². The monoisotopic (exact) mass is 491 g/mol. The molecule has 6 aromatic rings. The van der Waals surface area contributed by atoms with E-state index in [1.165, 1.54) is 28.3 Å². The molecule has 1 aliphatic carbocycles. The summed E-state index contributed by atoms with van der Waals surface area (Å²) in [5.74, 6) is 1.21. The molecule has 38 heavy (non-hydrogen) atoms. The van der Waals surface area contributed by atoms with E-state index in [1.807, 2.05) is 66.7 Å². The summed E-state index contributed by atoms with van der Waals surface area (Å²) in [4.78, 5) is 14.3. The number of halogens is 1. The predicted octanol–water partition coefficient (Wildman–Crippen LogP) is 8.25. The first kappa shape index (κ1) is 22.3. The first-order valence-corrected chi connectivity index (χ1v) is 12.6. The minimum Gasteiger partial charge on any atom is -0.208 e. The third kappa shape index (κ3) is 3.97. The van der Waals surface area contributed by atoms with E-state index in [9.17, 15) is 0 Å². The second-order valence-corrected chi connectivity index (χ2v) is 9.44. The van der Waals surface area contributed by atoms with Crippen LogP contribution in [-0.2, 0) is 6.42 Å². The molecule has 3 nitrogen and oxygen atoms in total. The molecule has 0 unspecified atom stereocenters. The van der Waals surface area contributed by atoms with Crippen LogP contribution in [0, 0.1) is 5.82 Å². The molecule has 0 spiro atoms. The van der Waals surface area contributed by atoms with E-state index in [0.29, 0.717) is 23.0 Å². The minimum absolute atomic E-state index is 0.329. The van der Waals surface area contributed by atoms with Gasteiger partial charge in [-0.1, -0.05) is 103 Å². The van der Waals surface area contributed by atoms with Gasteiger partial charge in [-0.2, -0.15) is 0 Å². The van der Waals surface area contributed by atoms with E-state index < -0.39 is 0 Å². The number of benzene rings is 5. The topological polar surface area (TPSA) is 38.7 Å². The first-order chi connectivity index (χ1) is 18.7. The van der Waals surface area contributed by atoms with Crippen LogP contribution in [0.3, 0.4) is 0 Å². The van der Waals surface area contributed by atoms with Gasteiger partial charge in [-0.25, -0.2) is 19.3 Å². The van der Waals surface area contributed by atoms with Gasteiger partial charge in [0.2, 0.25) is 0 Å². The maximum Gasteiger partial charge on any atom is 0.164 e. The van der Waals surface area contributed by atoms with Gasteiger partial charge in [-0.3, -0.25) is 0 Å². The highest BCUT2D eigenvalue weighted by atomic mass is 19.1. The lowest BCUT2D eigenvalue weighted by atomic mass is 9.93. The molecule has 1 heterocycles. The molecule has 0 atom stereocenters. The van der Waals surface area contributed by atoms with Crippen LogP contribution in [0.1, 0.15) is 11.1 Å². The van der Waals surface area contributed by atoms with Gasteiger partial charge in [0.25, 0.3) is 0 Å². The van der Waals surface area contributed by atoms with Gasteiger partial charge < -0.3 is 0 Å². The number of fused-ring (bicyclic) bond motifs is 3. The third-order valence-electron chi connectivity index (χ3n) is 6.98. The summed E-state index contributed by atoms with van der Waals surface area (Å²) in [6.45, 7) is 0. The van der Waals surface area contributed by atoms with Gasteiger partial charge in [0.15, 0.2) is 17.5 Å². The molecule has 1 aromatic heterocycles. The summed E-state index contributed by atoms with van der Waals surface area (Å²) < 4.78 is 15.2. The molecule has 5 aromatic carbocycles. The van der Waals surface area contributed by atoms with Crippen LogP contribution >= 0.6 is 0 Å². The molecule has 0 aliphatic heterocycles. The van der Waals surface area contributed by atoms with Gasteiger partial charge in [0.05, 0.1) is 0 Å². The van der Waals surface area contributed by atoms with E-state index in [0.717, 1.165) is 28.7 Å². The Hall–Kier alpha value is -4.96. The third-order valence-corrected chi connectivity index (χ3v) is 6.98. The molecule has 0 fully saturated rings. The fourth-order valence-electron chi connectivity index (χ4n) is 5.24. The smallest absolute Gasteiger partial charge is 0.164 e. The molecule has 0 radical (unpaired) electrons. The van der Waals surface area contributed by atoms with Crippen LogP contribution < -0.4 is 0 Å². The standard InChI is InChI=1S/C34H22FN3/c35-28-20-26(30-17-9-15-25-18-24-14-7-8-16-29(24)31(25)30)19-27(21-28)34-37-32(22-10-3-1-4-11-22)36-33(38-34)23-12-5-2-6-13-23/h1-17,19-21H,18H2. The summed E-state index contributed by atoms with van der Waals surface area (Å²) in [6, 6.07) is 39.4. The number of hydrogen-bond donors (Lipinski definition) is 0. The zero-order chi connectivity index (χ0) is 25.5. The van der Waals surface area contributed by atoms with Crippen LogP contribution in [0.25, 0.3) is 56.4 Å². The second-order valence-electron chi connectivity index (χ2n) is 9.44. The minimum atomic E-state index is -0.329. The van der Waals surface area contributed by atoms with Gasteiger partial charge in [0.1, 0.15) is 5.82 Å².